The summed E-state index contributed by atoms with van der Waals surface area (Å²) in [6, 6.07) is 3.59. The summed E-state index contributed by atoms with van der Waals surface area (Å²) < 4.78 is 25.7. The third kappa shape index (κ3) is 6.63. The second kappa shape index (κ2) is 10.4. The zero-order chi connectivity index (χ0) is 19.9. The van der Waals surface area contributed by atoms with Crippen LogP contribution >= 0.6 is 23.2 Å². The Morgan fingerprint density at radius 2 is 1.92 bits per heavy atom. The van der Waals surface area contributed by atoms with Gasteiger partial charge in [-0.05, 0) is 37.5 Å². The molecule has 1 amide bonds. The average Bonchev–Trinajstić information content (AvgIpc) is 2.56. The summed E-state index contributed by atoms with van der Waals surface area (Å²) in [5.74, 6) is 0.0222. The van der Waals surface area contributed by atoms with Crippen LogP contribution < -0.4 is 9.62 Å². The number of hydrogen-bond acceptors (Lipinski definition) is 3. The van der Waals surface area contributed by atoms with Crippen molar-refractivity contribution in [1.29, 1.82) is 0 Å². The summed E-state index contributed by atoms with van der Waals surface area (Å²) in [4.78, 5) is 12.6. The van der Waals surface area contributed by atoms with Gasteiger partial charge in [0.25, 0.3) is 0 Å². The normalized spacial score (nSPS) is 13.9. The molecule has 8 heteroatoms. The van der Waals surface area contributed by atoms with Crippen LogP contribution in [0.4, 0.5) is 5.69 Å². The molecule has 1 rings (SSSR count). The van der Waals surface area contributed by atoms with Crippen molar-refractivity contribution in [3.8, 4) is 0 Å². The minimum atomic E-state index is -3.73. The van der Waals surface area contributed by atoms with E-state index in [0.29, 0.717) is 17.5 Å². The Morgan fingerprint density at radius 3 is 2.46 bits per heavy atom. The number of nitrogens with one attached hydrogen (secondary N) is 1. The average molecular weight is 423 g/mol. The zero-order valence-electron chi connectivity index (χ0n) is 15.8. The van der Waals surface area contributed by atoms with Gasteiger partial charge in [0.1, 0.15) is 6.04 Å². The molecule has 0 aliphatic carbocycles. The lowest BCUT2D eigenvalue weighted by Crippen LogP contribution is -2.48. The molecule has 0 saturated heterocycles. The van der Waals surface area contributed by atoms with E-state index in [-0.39, 0.29) is 16.6 Å². The molecular formula is C18H28Cl2N2O3S. The molecule has 148 valence electrons. The third-order valence-electron chi connectivity index (χ3n) is 4.34. The van der Waals surface area contributed by atoms with Crippen LogP contribution in [-0.2, 0) is 14.8 Å². The van der Waals surface area contributed by atoms with Crippen LogP contribution in [0.1, 0.15) is 46.5 Å². The maximum atomic E-state index is 12.6. The summed E-state index contributed by atoms with van der Waals surface area (Å²) in [5.41, 5.74) is 0.197. The highest BCUT2D eigenvalue weighted by atomic mass is 35.5. The molecule has 1 N–H and O–H groups in total. The fourth-order valence-corrected chi connectivity index (χ4v) is 4.38. The van der Waals surface area contributed by atoms with Crippen LogP contribution in [0, 0.1) is 5.92 Å². The third-order valence-corrected chi connectivity index (χ3v) is 6.12. The predicted octanol–water partition coefficient (Wildman–Crippen LogP) is 4.48. The molecule has 0 fully saturated rings. The minimum absolute atomic E-state index is 0.197. The molecule has 0 aliphatic rings. The van der Waals surface area contributed by atoms with Gasteiger partial charge in [-0.2, -0.15) is 0 Å². The number of benzene rings is 1. The van der Waals surface area contributed by atoms with Crippen molar-refractivity contribution in [2.75, 3.05) is 17.1 Å². The quantitative estimate of drug-likeness (QED) is 0.604. The van der Waals surface area contributed by atoms with Crippen LogP contribution in [-0.4, -0.2) is 33.2 Å². The van der Waals surface area contributed by atoms with E-state index in [1.54, 1.807) is 13.0 Å². The van der Waals surface area contributed by atoms with E-state index < -0.39 is 16.1 Å². The number of carbonyl (C=O) groups is 1. The minimum Gasteiger partial charge on any atom is -0.354 e. The smallest absolute Gasteiger partial charge is 0.243 e. The summed E-state index contributed by atoms with van der Waals surface area (Å²) in [6.45, 7) is 6.29. The molecule has 0 spiro atoms. The van der Waals surface area contributed by atoms with Crippen molar-refractivity contribution >= 4 is 44.8 Å². The molecule has 0 heterocycles. The van der Waals surface area contributed by atoms with Crippen LogP contribution in [0.3, 0.4) is 0 Å². The highest BCUT2D eigenvalue weighted by molar-refractivity contribution is 7.92. The number of halogens is 2. The van der Waals surface area contributed by atoms with Crippen LogP contribution in [0.2, 0.25) is 10.0 Å². The highest BCUT2D eigenvalue weighted by Crippen LogP contribution is 2.32. The van der Waals surface area contributed by atoms with Gasteiger partial charge < -0.3 is 5.32 Å². The zero-order valence-corrected chi connectivity index (χ0v) is 18.1. The standard InChI is InChI=1S/C18H28Cl2N2O3S/c1-5-7-8-14(6-2)12-21-18(23)13(3)22(26(4,24)25)17-11-15(19)9-10-16(17)20/h9-11,13-14H,5-8,12H2,1-4H3,(H,21,23)/t13-,14+/m1/s1. The van der Waals surface area contributed by atoms with Crippen molar-refractivity contribution in [3.05, 3.63) is 28.2 Å². The van der Waals surface area contributed by atoms with E-state index >= 15 is 0 Å². The molecule has 26 heavy (non-hydrogen) atoms. The fourth-order valence-electron chi connectivity index (χ4n) is 2.77. The lowest BCUT2D eigenvalue weighted by Gasteiger charge is -2.29. The molecule has 0 aliphatic heterocycles. The van der Waals surface area contributed by atoms with E-state index in [9.17, 15) is 13.2 Å². The Bertz CT molecular complexity index is 710. The Hall–Kier alpha value is -0.980. The van der Waals surface area contributed by atoms with E-state index in [2.05, 4.69) is 19.2 Å². The molecule has 0 bridgehead atoms. The molecule has 0 unspecified atom stereocenters. The van der Waals surface area contributed by atoms with Gasteiger partial charge in [-0.15, -0.1) is 0 Å². The topological polar surface area (TPSA) is 66.5 Å². The Kier molecular flexibility index (Phi) is 9.21. The van der Waals surface area contributed by atoms with Gasteiger partial charge in [0.2, 0.25) is 15.9 Å². The second-order valence-corrected chi connectivity index (χ2v) is 9.20. The summed E-state index contributed by atoms with van der Waals surface area (Å²) in [5, 5.41) is 3.44. The van der Waals surface area contributed by atoms with E-state index in [0.717, 1.165) is 36.2 Å². The molecule has 2 atom stereocenters. The van der Waals surface area contributed by atoms with Crippen molar-refractivity contribution in [2.24, 2.45) is 5.92 Å². The number of hydrogen-bond donors (Lipinski definition) is 1. The van der Waals surface area contributed by atoms with Gasteiger partial charge in [0.15, 0.2) is 0 Å². The van der Waals surface area contributed by atoms with E-state index in [4.69, 9.17) is 23.2 Å². The molecule has 0 aromatic heterocycles. The van der Waals surface area contributed by atoms with E-state index in [1.165, 1.54) is 12.1 Å². The molecule has 1 aromatic rings. The van der Waals surface area contributed by atoms with Crippen LogP contribution in [0.15, 0.2) is 18.2 Å². The second-order valence-electron chi connectivity index (χ2n) is 6.49. The van der Waals surface area contributed by atoms with Gasteiger partial charge >= 0.3 is 0 Å². The first-order valence-corrected chi connectivity index (χ1v) is 11.4. The number of unbranched alkanes of at least 4 members (excludes halogenated alkanes) is 1. The van der Waals surface area contributed by atoms with Crippen molar-refractivity contribution in [1.82, 2.24) is 5.32 Å². The predicted molar refractivity (Wildman–Crippen MR) is 110 cm³/mol. The summed E-state index contributed by atoms with van der Waals surface area (Å²) >= 11 is 12.1. The lowest BCUT2D eigenvalue weighted by atomic mass is 9.99. The maximum absolute atomic E-state index is 12.6. The number of nitrogens with zero attached hydrogens (tertiary/aromatic N) is 1. The van der Waals surface area contributed by atoms with Crippen LogP contribution in [0.5, 0.6) is 0 Å². The number of amides is 1. The van der Waals surface area contributed by atoms with Crippen molar-refractivity contribution < 1.29 is 13.2 Å². The number of carbonyl (C=O) groups excluding carboxylic acids is 1. The first-order chi connectivity index (χ1) is 12.1. The summed E-state index contributed by atoms with van der Waals surface area (Å²) in [7, 11) is -3.73. The van der Waals surface area contributed by atoms with Gasteiger partial charge in [0, 0.05) is 11.6 Å². The Morgan fingerprint density at radius 1 is 1.27 bits per heavy atom. The van der Waals surface area contributed by atoms with Gasteiger partial charge in [-0.1, -0.05) is 56.3 Å². The Balaban J connectivity index is 2.98. The van der Waals surface area contributed by atoms with Gasteiger partial charge in [-0.25, -0.2) is 8.42 Å². The van der Waals surface area contributed by atoms with Gasteiger partial charge in [0.05, 0.1) is 17.0 Å². The number of sulfonamides is 1. The van der Waals surface area contributed by atoms with E-state index in [1.807, 2.05) is 0 Å². The highest BCUT2D eigenvalue weighted by Gasteiger charge is 2.30. The van der Waals surface area contributed by atoms with Crippen molar-refractivity contribution in [3.63, 3.8) is 0 Å². The first kappa shape index (κ1) is 23.1. The number of rotatable bonds is 10. The largest absolute Gasteiger partial charge is 0.354 e. The number of anilines is 1. The molecular weight excluding hydrogens is 395 g/mol. The van der Waals surface area contributed by atoms with Crippen LogP contribution in [0.25, 0.3) is 0 Å². The molecule has 0 radical (unpaired) electrons. The lowest BCUT2D eigenvalue weighted by molar-refractivity contribution is -0.122. The first-order valence-electron chi connectivity index (χ1n) is 8.83. The molecule has 5 nitrogen and oxygen atoms in total. The molecule has 0 saturated carbocycles. The monoisotopic (exact) mass is 422 g/mol. The summed E-state index contributed by atoms with van der Waals surface area (Å²) in [6.07, 6.45) is 5.26. The van der Waals surface area contributed by atoms with Gasteiger partial charge in [-0.3, -0.25) is 9.10 Å². The molecule has 1 aromatic carbocycles. The van der Waals surface area contributed by atoms with Crippen molar-refractivity contribution in [2.45, 2.75) is 52.5 Å². The Labute approximate surface area is 167 Å². The maximum Gasteiger partial charge on any atom is 0.243 e. The fraction of sp³-hybridized carbons (Fsp3) is 0.611. The SMILES string of the molecule is CCCC[C@H](CC)CNC(=O)[C@@H](C)N(c1cc(Cl)ccc1Cl)S(C)(=O)=O.